The Hall–Kier alpha value is -0.770. The van der Waals surface area contributed by atoms with Crippen LogP contribution in [0.1, 0.15) is 69.3 Å². The van der Waals surface area contributed by atoms with Gasteiger partial charge in [0, 0.05) is 23.9 Å². The van der Waals surface area contributed by atoms with Crippen LogP contribution in [-0.4, -0.2) is 21.1 Å². The van der Waals surface area contributed by atoms with E-state index in [1.165, 1.54) is 37.8 Å². The number of carbonyl (C=O) groups excluding carboxylic acids is 1. The zero-order valence-electron chi connectivity index (χ0n) is 12.9. The van der Waals surface area contributed by atoms with Crippen molar-refractivity contribution in [2.24, 2.45) is 0 Å². The molecule has 3 nitrogen and oxygen atoms in total. The van der Waals surface area contributed by atoms with Crippen molar-refractivity contribution >= 4 is 17.5 Å². The van der Waals surface area contributed by atoms with Crippen LogP contribution in [0, 0.1) is 13.8 Å². The average Bonchev–Trinajstić information content (AvgIpc) is 2.71. The Bertz CT molecular complexity index is 461. The first kappa shape index (κ1) is 15.6. The third-order valence-electron chi connectivity index (χ3n) is 4.20. The van der Waals surface area contributed by atoms with Gasteiger partial charge < -0.3 is 9.36 Å². The van der Waals surface area contributed by atoms with Crippen molar-refractivity contribution in [2.45, 2.75) is 76.9 Å². The van der Waals surface area contributed by atoms with Crippen LogP contribution < -0.4 is 0 Å². The van der Waals surface area contributed by atoms with Crippen LogP contribution in [0.25, 0.3) is 0 Å². The highest BCUT2D eigenvalue weighted by Crippen LogP contribution is 2.34. The molecule has 1 aromatic rings. The number of rotatable bonds is 6. The van der Waals surface area contributed by atoms with E-state index in [0.29, 0.717) is 12.5 Å². The van der Waals surface area contributed by atoms with Crippen molar-refractivity contribution in [3.8, 4) is 0 Å². The number of thioether (sulfide) groups is 1. The zero-order valence-corrected chi connectivity index (χ0v) is 13.8. The minimum atomic E-state index is 0.286. The Balaban J connectivity index is 2.03. The molecule has 0 saturated heterocycles. The normalized spacial score (nSPS) is 16.6. The SMILES string of the molecule is CC(=O)CCCSc1nc(C)c(C)n1C1CCCCC1. The zero-order chi connectivity index (χ0) is 14.5. The fourth-order valence-corrected chi connectivity index (χ4v) is 4.05. The molecule has 1 aromatic heterocycles. The summed E-state index contributed by atoms with van der Waals surface area (Å²) >= 11 is 1.82. The molecule has 0 radical (unpaired) electrons. The van der Waals surface area contributed by atoms with Gasteiger partial charge in [0.15, 0.2) is 5.16 Å². The topological polar surface area (TPSA) is 34.9 Å². The molecule has 4 heteroatoms. The lowest BCUT2D eigenvalue weighted by atomic mass is 9.95. The predicted octanol–water partition coefficient (Wildman–Crippen LogP) is 4.47. The molecule has 0 amide bonds. The molecular formula is C16H26N2OS. The van der Waals surface area contributed by atoms with Gasteiger partial charge in [-0.2, -0.15) is 0 Å². The molecule has 1 aliphatic carbocycles. The minimum Gasteiger partial charge on any atom is -0.320 e. The monoisotopic (exact) mass is 294 g/mol. The second-order valence-electron chi connectivity index (χ2n) is 5.88. The first-order valence-electron chi connectivity index (χ1n) is 7.77. The summed E-state index contributed by atoms with van der Waals surface area (Å²) in [5.74, 6) is 1.27. The number of Topliss-reactive ketones (excluding diaryl/α,β-unsaturated/α-hetero) is 1. The Kier molecular flexibility index (Phi) is 5.70. The van der Waals surface area contributed by atoms with E-state index < -0.39 is 0 Å². The third-order valence-corrected chi connectivity index (χ3v) is 5.24. The van der Waals surface area contributed by atoms with E-state index in [-0.39, 0.29) is 5.78 Å². The Morgan fingerprint density at radius 3 is 2.65 bits per heavy atom. The second-order valence-corrected chi connectivity index (χ2v) is 6.94. The third kappa shape index (κ3) is 3.87. The van der Waals surface area contributed by atoms with E-state index in [4.69, 9.17) is 4.98 Å². The van der Waals surface area contributed by atoms with Crippen LogP contribution in [-0.2, 0) is 4.79 Å². The maximum atomic E-state index is 11.0. The van der Waals surface area contributed by atoms with E-state index in [2.05, 4.69) is 18.4 Å². The standard InChI is InChI=1S/C16H26N2OS/c1-12(19)8-7-11-20-16-17-13(2)14(3)18(16)15-9-5-4-6-10-15/h15H,4-11H2,1-3H3. The fraction of sp³-hybridized carbons (Fsp3) is 0.750. The molecular weight excluding hydrogens is 268 g/mol. The first-order valence-corrected chi connectivity index (χ1v) is 8.76. The number of nitrogens with zero attached hydrogens (tertiary/aromatic N) is 2. The van der Waals surface area contributed by atoms with Gasteiger partial charge in [0.05, 0.1) is 5.69 Å². The van der Waals surface area contributed by atoms with Gasteiger partial charge in [-0.25, -0.2) is 4.98 Å². The summed E-state index contributed by atoms with van der Waals surface area (Å²) in [7, 11) is 0. The predicted molar refractivity (Wildman–Crippen MR) is 84.5 cm³/mol. The maximum absolute atomic E-state index is 11.0. The molecule has 0 aromatic carbocycles. The van der Waals surface area contributed by atoms with Gasteiger partial charge in [0.2, 0.25) is 0 Å². The quantitative estimate of drug-likeness (QED) is 0.573. The molecule has 0 aliphatic heterocycles. The number of hydrogen-bond donors (Lipinski definition) is 0. The van der Waals surface area contributed by atoms with Gasteiger partial charge in [-0.15, -0.1) is 0 Å². The molecule has 1 fully saturated rings. The summed E-state index contributed by atoms with van der Waals surface area (Å²) in [6, 6.07) is 0.639. The van der Waals surface area contributed by atoms with Crippen molar-refractivity contribution in [1.82, 2.24) is 9.55 Å². The van der Waals surface area contributed by atoms with Crippen LogP contribution in [0.4, 0.5) is 0 Å². The summed E-state index contributed by atoms with van der Waals surface area (Å²) in [5, 5.41) is 1.16. The lowest BCUT2D eigenvalue weighted by Crippen LogP contribution is -2.15. The van der Waals surface area contributed by atoms with Gasteiger partial charge in [-0.05, 0) is 40.0 Å². The van der Waals surface area contributed by atoms with Crippen molar-refractivity contribution in [3.63, 3.8) is 0 Å². The van der Waals surface area contributed by atoms with Crippen LogP contribution in [0.15, 0.2) is 5.16 Å². The summed E-state index contributed by atoms with van der Waals surface area (Å²) < 4.78 is 2.47. The van der Waals surface area contributed by atoms with Crippen molar-refractivity contribution in [1.29, 1.82) is 0 Å². The summed E-state index contributed by atoms with van der Waals surface area (Å²) in [6.07, 6.45) is 8.29. The van der Waals surface area contributed by atoms with Crippen LogP contribution in [0.3, 0.4) is 0 Å². The number of ketones is 1. The van der Waals surface area contributed by atoms with E-state index >= 15 is 0 Å². The fourth-order valence-electron chi connectivity index (χ4n) is 2.95. The highest BCUT2D eigenvalue weighted by atomic mass is 32.2. The Morgan fingerprint density at radius 2 is 2.00 bits per heavy atom. The molecule has 1 aliphatic rings. The summed E-state index contributed by atoms with van der Waals surface area (Å²) in [5.41, 5.74) is 2.48. The molecule has 1 heterocycles. The van der Waals surface area contributed by atoms with Crippen molar-refractivity contribution in [3.05, 3.63) is 11.4 Å². The molecule has 112 valence electrons. The maximum Gasteiger partial charge on any atom is 0.168 e. The largest absolute Gasteiger partial charge is 0.320 e. The molecule has 0 bridgehead atoms. The molecule has 0 spiro atoms. The molecule has 20 heavy (non-hydrogen) atoms. The highest BCUT2D eigenvalue weighted by Gasteiger charge is 2.21. The van der Waals surface area contributed by atoms with E-state index in [9.17, 15) is 4.79 Å². The van der Waals surface area contributed by atoms with Gasteiger partial charge in [-0.3, -0.25) is 0 Å². The van der Waals surface area contributed by atoms with E-state index in [1.54, 1.807) is 6.92 Å². The Labute approximate surface area is 126 Å². The van der Waals surface area contributed by atoms with E-state index in [1.807, 2.05) is 11.8 Å². The van der Waals surface area contributed by atoms with Crippen LogP contribution >= 0.6 is 11.8 Å². The van der Waals surface area contributed by atoms with Gasteiger partial charge in [0.25, 0.3) is 0 Å². The number of carbonyl (C=O) groups is 1. The lowest BCUT2D eigenvalue weighted by Gasteiger charge is -2.26. The second kappa shape index (κ2) is 7.30. The van der Waals surface area contributed by atoms with E-state index in [0.717, 1.165) is 23.0 Å². The van der Waals surface area contributed by atoms with Gasteiger partial charge in [0.1, 0.15) is 5.78 Å². The average molecular weight is 294 g/mol. The van der Waals surface area contributed by atoms with Crippen molar-refractivity contribution in [2.75, 3.05) is 5.75 Å². The smallest absolute Gasteiger partial charge is 0.168 e. The molecule has 0 N–H and O–H groups in total. The van der Waals surface area contributed by atoms with Crippen molar-refractivity contribution < 1.29 is 4.79 Å². The first-order chi connectivity index (χ1) is 9.59. The van der Waals surface area contributed by atoms with Gasteiger partial charge >= 0.3 is 0 Å². The van der Waals surface area contributed by atoms with Crippen LogP contribution in [0.2, 0.25) is 0 Å². The summed E-state index contributed by atoms with van der Waals surface area (Å²) in [6.45, 7) is 5.97. The number of imidazole rings is 1. The molecule has 1 saturated carbocycles. The minimum absolute atomic E-state index is 0.286. The van der Waals surface area contributed by atoms with Crippen LogP contribution in [0.5, 0.6) is 0 Å². The summed E-state index contributed by atoms with van der Waals surface area (Å²) in [4.78, 5) is 15.7. The molecule has 0 atom stereocenters. The van der Waals surface area contributed by atoms with Gasteiger partial charge in [-0.1, -0.05) is 31.0 Å². The molecule has 2 rings (SSSR count). The lowest BCUT2D eigenvalue weighted by molar-refractivity contribution is -0.117. The Morgan fingerprint density at radius 1 is 1.30 bits per heavy atom. The molecule has 0 unspecified atom stereocenters. The number of aryl methyl sites for hydroxylation is 1. The number of aromatic nitrogens is 2. The highest BCUT2D eigenvalue weighted by molar-refractivity contribution is 7.99. The number of hydrogen-bond acceptors (Lipinski definition) is 3.